The van der Waals surface area contributed by atoms with E-state index in [0.717, 1.165) is 48.4 Å². The van der Waals surface area contributed by atoms with Gasteiger partial charge >= 0.3 is 0 Å². The molecule has 4 rings (SSSR count). The van der Waals surface area contributed by atoms with Gasteiger partial charge in [-0.2, -0.15) is 0 Å². The van der Waals surface area contributed by atoms with Gasteiger partial charge in [0.05, 0.1) is 6.61 Å². The standard InChI is InChI=1S/C29H44O/c1-3-5-7-8-22-9-10-24-19-25(12-11-23(24)18-22)26-13-14-28-21-29(30-17-6-4-2)16-15-27(28)20-26/h3,5,15-16,21-26H,4,6-14,17-20H2,1-2H3/t22-,23?,24-,25?,26?/m1/s1. The van der Waals surface area contributed by atoms with E-state index in [9.17, 15) is 0 Å². The van der Waals surface area contributed by atoms with Gasteiger partial charge in [-0.25, -0.2) is 0 Å². The van der Waals surface area contributed by atoms with Crippen molar-refractivity contribution >= 4 is 0 Å². The zero-order chi connectivity index (χ0) is 20.8. The molecule has 30 heavy (non-hydrogen) atoms. The van der Waals surface area contributed by atoms with Crippen LogP contribution in [0.25, 0.3) is 0 Å². The van der Waals surface area contributed by atoms with E-state index in [-0.39, 0.29) is 0 Å². The lowest BCUT2D eigenvalue weighted by Gasteiger charge is -2.45. The van der Waals surface area contributed by atoms with Crippen LogP contribution < -0.4 is 4.74 Å². The van der Waals surface area contributed by atoms with Crippen molar-refractivity contribution in [1.82, 2.24) is 0 Å². The average molecular weight is 409 g/mol. The fraction of sp³-hybridized carbons (Fsp3) is 0.724. The maximum atomic E-state index is 5.95. The molecule has 166 valence electrons. The Labute approximate surface area is 185 Å². The summed E-state index contributed by atoms with van der Waals surface area (Å²) in [6, 6.07) is 6.94. The summed E-state index contributed by atoms with van der Waals surface area (Å²) in [5.74, 6) is 6.10. The van der Waals surface area contributed by atoms with Crippen LogP contribution >= 0.6 is 0 Å². The average Bonchev–Trinajstić information content (AvgIpc) is 2.78. The van der Waals surface area contributed by atoms with Crippen LogP contribution in [0.5, 0.6) is 5.75 Å². The first-order chi connectivity index (χ1) is 14.8. The third kappa shape index (κ3) is 5.51. The summed E-state index contributed by atoms with van der Waals surface area (Å²) in [5.41, 5.74) is 3.18. The second-order valence-corrected chi connectivity index (χ2v) is 10.6. The zero-order valence-corrected chi connectivity index (χ0v) is 19.6. The molecule has 3 aliphatic carbocycles. The van der Waals surface area contributed by atoms with Gasteiger partial charge in [0, 0.05) is 0 Å². The highest BCUT2D eigenvalue weighted by molar-refractivity contribution is 5.37. The smallest absolute Gasteiger partial charge is 0.119 e. The molecule has 0 amide bonds. The quantitative estimate of drug-likeness (QED) is 0.311. The van der Waals surface area contributed by atoms with E-state index in [1.54, 1.807) is 11.1 Å². The molecule has 0 bridgehead atoms. The molecule has 2 saturated carbocycles. The van der Waals surface area contributed by atoms with Crippen molar-refractivity contribution in [2.75, 3.05) is 6.61 Å². The minimum Gasteiger partial charge on any atom is -0.494 e. The molecule has 0 saturated heterocycles. The SMILES string of the molecule is CC=CCC[C@@H]1CC[C@@H]2CC(C3CCc4cc(OCCCC)ccc4C3)CCC2C1. The summed E-state index contributed by atoms with van der Waals surface area (Å²) >= 11 is 0. The van der Waals surface area contributed by atoms with Gasteiger partial charge < -0.3 is 4.74 Å². The second-order valence-electron chi connectivity index (χ2n) is 10.6. The molecule has 0 aromatic heterocycles. The van der Waals surface area contributed by atoms with Gasteiger partial charge in [0.1, 0.15) is 5.75 Å². The first-order valence-corrected chi connectivity index (χ1v) is 13.1. The van der Waals surface area contributed by atoms with Crippen molar-refractivity contribution in [3.05, 3.63) is 41.5 Å². The van der Waals surface area contributed by atoms with Crippen molar-refractivity contribution in [1.29, 1.82) is 0 Å². The predicted molar refractivity (Wildman–Crippen MR) is 128 cm³/mol. The maximum Gasteiger partial charge on any atom is 0.119 e. The molecule has 1 nitrogen and oxygen atoms in total. The Kier molecular flexibility index (Phi) is 7.96. The topological polar surface area (TPSA) is 9.23 Å². The zero-order valence-electron chi connectivity index (χ0n) is 19.6. The van der Waals surface area contributed by atoms with Crippen molar-refractivity contribution in [3.8, 4) is 5.75 Å². The van der Waals surface area contributed by atoms with Crippen molar-refractivity contribution in [2.24, 2.45) is 29.6 Å². The second kappa shape index (κ2) is 10.9. The normalized spacial score (nSPS) is 31.3. The van der Waals surface area contributed by atoms with Gasteiger partial charge in [0.25, 0.3) is 0 Å². The number of aryl methyl sites for hydroxylation is 1. The lowest BCUT2D eigenvalue weighted by molar-refractivity contribution is 0.0699. The minimum absolute atomic E-state index is 0.860. The Hall–Kier alpha value is -1.24. The van der Waals surface area contributed by atoms with Crippen molar-refractivity contribution in [3.63, 3.8) is 0 Å². The summed E-state index contributed by atoms with van der Waals surface area (Å²) in [6.45, 7) is 5.24. The van der Waals surface area contributed by atoms with Crippen LogP contribution in [0.15, 0.2) is 30.4 Å². The van der Waals surface area contributed by atoms with E-state index in [2.05, 4.69) is 44.2 Å². The predicted octanol–water partition coefficient (Wildman–Crippen LogP) is 8.16. The largest absolute Gasteiger partial charge is 0.494 e. The monoisotopic (exact) mass is 408 g/mol. The van der Waals surface area contributed by atoms with E-state index in [1.165, 1.54) is 77.0 Å². The molecular weight excluding hydrogens is 364 g/mol. The van der Waals surface area contributed by atoms with Crippen LogP contribution in [-0.4, -0.2) is 6.61 Å². The van der Waals surface area contributed by atoms with Crippen LogP contribution in [0.4, 0.5) is 0 Å². The highest BCUT2D eigenvalue weighted by Crippen LogP contribution is 2.49. The number of ether oxygens (including phenoxy) is 1. The number of unbranched alkanes of at least 4 members (excludes halogenated alkanes) is 1. The fourth-order valence-electron chi connectivity index (χ4n) is 6.80. The number of allylic oxidation sites excluding steroid dienone is 2. The molecule has 0 heterocycles. The van der Waals surface area contributed by atoms with Gasteiger partial charge in [-0.3, -0.25) is 0 Å². The molecule has 2 fully saturated rings. The molecule has 3 aliphatic rings. The van der Waals surface area contributed by atoms with Crippen molar-refractivity contribution in [2.45, 2.75) is 97.3 Å². The molecule has 3 unspecified atom stereocenters. The summed E-state index contributed by atoms with van der Waals surface area (Å²) in [6.07, 6.45) is 22.8. The Morgan fingerprint density at radius 1 is 0.933 bits per heavy atom. The Morgan fingerprint density at radius 3 is 2.57 bits per heavy atom. The first-order valence-electron chi connectivity index (χ1n) is 13.1. The number of rotatable bonds is 8. The Morgan fingerprint density at radius 2 is 1.73 bits per heavy atom. The molecule has 0 N–H and O–H groups in total. The van der Waals surface area contributed by atoms with Gasteiger partial charge in [0.2, 0.25) is 0 Å². The van der Waals surface area contributed by atoms with E-state index < -0.39 is 0 Å². The Balaban J connectivity index is 1.28. The van der Waals surface area contributed by atoms with Gasteiger partial charge in [0.15, 0.2) is 0 Å². The van der Waals surface area contributed by atoms with Crippen LogP contribution in [0, 0.1) is 29.6 Å². The van der Waals surface area contributed by atoms with Crippen LogP contribution in [0.1, 0.15) is 95.6 Å². The van der Waals surface area contributed by atoms with Crippen LogP contribution in [0.2, 0.25) is 0 Å². The molecule has 1 aromatic carbocycles. The van der Waals surface area contributed by atoms with Crippen LogP contribution in [-0.2, 0) is 12.8 Å². The van der Waals surface area contributed by atoms with Crippen LogP contribution in [0.3, 0.4) is 0 Å². The summed E-state index contributed by atoms with van der Waals surface area (Å²) in [7, 11) is 0. The molecule has 1 aromatic rings. The lowest BCUT2D eigenvalue weighted by Crippen LogP contribution is -2.35. The molecule has 0 radical (unpaired) electrons. The molecular formula is C29H44O. The van der Waals surface area contributed by atoms with Crippen molar-refractivity contribution < 1.29 is 4.74 Å². The lowest BCUT2D eigenvalue weighted by atomic mass is 9.61. The van der Waals surface area contributed by atoms with E-state index in [1.807, 2.05) is 0 Å². The highest BCUT2D eigenvalue weighted by Gasteiger charge is 2.38. The van der Waals surface area contributed by atoms with Gasteiger partial charge in [-0.05, 0) is 130 Å². The van der Waals surface area contributed by atoms with Gasteiger partial charge in [-0.15, -0.1) is 0 Å². The number of fused-ring (bicyclic) bond motifs is 2. The fourth-order valence-corrected chi connectivity index (χ4v) is 6.80. The maximum absolute atomic E-state index is 5.95. The summed E-state index contributed by atoms with van der Waals surface area (Å²) in [5, 5.41) is 0. The minimum atomic E-state index is 0.860. The number of hydrogen-bond acceptors (Lipinski definition) is 1. The summed E-state index contributed by atoms with van der Waals surface area (Å²) < 4.78 is 5.95. The van der Waals surface area contributed by atoms with E-state index in [4.69, 9.17) is 4.74 Å². The van der Waals surface area contributed by atoms with E-state index >= 15 is 0 Å². The third-order valence-corrected chi connectivity index (χ3v) is 8.62. The van der Waals surface area contributed by atoms with Gasteiger partial charge in [-0.1, -0.05) is 38.0 Å². The molecule has 0 aliphatic heterocycles. The summed E-state index contributed by atoms with van der Waals surface area (Å²) in [4.78, 5) is 0. The highest BCUT2D eigenvalue weighted by atomic mass is 16.5. The number of benzene rings is 1. The number of hydrogen-bond donors (Lipinski definition) is 0. The molecule has 1 heteroatoms. The molecule has 0 spiro atoms. The first kappa shape index (κ1) is 22.0. The van der Waals surface area contributed by atoms with E-state index in [0.29, 0.717) is 0 Å². The molecule has 5 atom stereocenters. The third-order valence-electron chi connectivity index (χ3n) is 8.62. The Bertz CT molecular complexity index is 690.